The molecule has 0 spiro atoms. The van der Waals surface area contributed by atoms with Gasteiger partial charge in [0.25, 0.3) is 5.91 Å². The van der Waals surface area contributed by atoms with E-state index < -0.39 is 0 Å². The Kier molecular flexibility index (Phi) is 2.94. The number of fused-ring (bicyclic) bond motifs is 1. The van der Waals surface area contributed by atoms with Crippen LogP contribution in [0.25, 0.3) is 0 Å². The maximum atomic E-state index is 12.1. The van der Waals surface area contributed by atoms with Gasteiger partial charge in [-0.3, -0.25) is 10.1 Å². The van der Waals surface area contributed by atoms with Gasteiger partial charge >= 0.3 is 0 Å². The normalized spacial score (nSPS) is 13.3. The molecule has 2 aromatic heterocycles. The SMILES string of the molecule is Cc1cc(C(=O)Nc2nc3c(s2)CCC3)cc(N)n1. The minimum absolute atomic E-state index is 0.190. The Balaban J connectivity index is 1.80. The number of rotatable bonds is 2. The highest BCUT2D eigenvalue weighted by Gasteiger charge is 2.18. The molecule has 5 nitrogen and oxygen atoms in total. The zero-order valence-electron chi connectivity index (χ0n) is 10.6. The first-order chi connectivity index (χ1) is 9.11. The largest absolute Gasteiger partial charge is 0.384 e. The second-order valence-corrected chi connectivity index (χ2v) is 5.70. The summed E-state index contributed by atoms with van der Waals surface area (Å²) in [7, 11) is 0. The Morgan fingerprint density at radius 3 is 2.95 bits per heavy atom. The fourth-order valence-corrected chi connectivity index (χ4v) is 3.28. The minimum Gasteiger partial charge on any atom is -0.384 e. The molecule has 1 aliphatic rings. The molecule has 0 unspecified atom stereocenters. The summed E-state index contributed by atoms with van der Waals surface area (Å²) < 4.78 is 0. The molecule has 98 valence electrons. The number of carbonyl (C=O) groups is 1. The van der Waals surface area contributed by atoms with Crippen LogP contribution >= 0.6 is 11.3 Å². The van der Waals surface area contributed by atoms with E-state index in [2.05, 4.69) is 15.3 Å². The molecule has 1 amide bonds. The van der Waals surface area contributed by atoms with Crippen LogP contribution in [0.15, 0.2) is 12.1 Å². The monoisotopic (exact) mass is 274 g/mol. The van der Waals surface area contributed by atoms with Gasteiger partial charge in [-0.25, -0.2) is 9.97 Å². The molecule has 0 aliphatic heterocycles. The lowest BCUT2D eigenvalue weighted by atomic mass is 10.2. The van der Waals surface area contributed by atoms with E-state index in [4.69, 9.17) is 5.73 Å². The number of nitrogens with two attached hydrogens (primary N) is 1. The third-order valence-corrected chi connectivity index (χ3v) is 4.12. The number of carbonyl (C=O) groups excluding carboxylic acids is 1. The van der Waals surface area contributed by atoms with Crippen molar-refractivity contribution >= 4 is 28.2 Å². The van der Waals surface area contributed by atoms with Crippen molar-refractivity contribution in [3.05, 3.63) is 34.0 Å². The average molecular weight is 274 g/mol. The number of nitrogens with one attached hydrogen (secondary N) is 1. The quantitative estimate of drug-likeness (QED) is 0.879. The van der Waals surface area contributed by atoms with Crippen LogP contribution in [-0.4, -0.2) is 15.9 Å². The highest BCUT2D eigenvalue weighted by atomic mass is 32.1. The van der Waals surface area contributed by atoms with Crippen LogP contribution in [0.2, 0.25) is 0 Å². The van der Waals surface area contributed by atoms with Gasteiger partial charge < -0.3 is 5.73 Å². The number of pyridine rings is 1. The van der Waals surface area contributed by atoms with E-state index in [1.54, 1.807) is 23.5 Å². The van der Waals surface area contributed by atoms with Gasteiger partial charge in [-0.05, 0) is 38.3 Å². The highest BCUT2D eigenvalue weighted by Crippen LogP contribution is 2.30. The van der Waals surface area contributed by atoms with E-state index in [1.165, 1.54) is 11.3 Å². The van der Waals surface area contributed by atoms with E-state index in [9.17, 15) is 4.79 Å². The summed E-state index contributed by atoms with van der Waals surface area (Å²) in [5.74, 6) is 0.163. The van der Waals surface area contributed by atoms with Crippen LogP contribution < -0.4 is 11.1 Å². The van der Waals surface area contributed by atoms with E-state index in [1.807, 2.05) is 6.92 Å². The van der Waals surface area contributed by atoms with Crippen molar-refractivity contribution in [1.82, 2.24) is 9.97 Å². The number of nitrogens with zero attached hydrogens (tertiary/aromatic N) is 2. The number of amides is 1. The first-order valence-corrected chi connectivity index (χ1v) is 6.97. The van der Waals surface area contributed by atoms with Gasteiger partial charge in [0, 0.05) is 16.1 Å². The molecule has 0 aromatic carbocycles. The molecular weight excluding hydrogens is 260 g/mol. The molecule has 0 saturated carbocycles. The topological polar surface area (TPSA) is 80.9 Å². The summed E-state index contributed by atoms with van der Waals surface area (Å²) in [6.45, 7) is 1.81. The maximum Gasteiger partial charge on any atom is 0.257 e. The van der Waals surface area contributed by atoms with E-state index in [0.29, 0.717) is 16.5 Å². The lowest BCUT2D eigenvalue weighted by Gasteiger charge is -2.04. The first kappa shape index (κ1) is 12.1. The molecule has 2 aromatic rings. The van der Waals surface area contributed by atoms with Crippen molar-refractivity contribution < 1.29 is 4.79 Å². The molecule has 0 saturated heterocycles. The third kappa shape index (κ3) is 2.44. The van der Waals surface area contributed by atoms with Crippen molar-refractivity contribution in [3.8, 4) is 0 Å². The van der Waals surface area contributed by atoms with Crippen LogP contribution in [0, 0.1) is 6.92 Å². The number of nitrogen functional groups attached to an aromatic ring is 1. The summed E-state index contributed by atoms with van der Waals surface area (Å²) in [6, 6.07) is 3.29. The molecule has 0 bridgehead atoms. The lowest BCUT2D eigenvalue weighted by Crippen LogP contribution is -2.13. The predicted octanol–water partition coefficient (Wildman–Crippen LogP) is 2.17. The molecule has 3 N–H and O–H groups in total. The molecule has 1 aliphatic carbocycles. The molecule has 6 heteroatoms. The Morgan fingerprint density at radius 1 is 1.37 bits per heavy atom. The Bertz CT molecular complexity index is 608. The molecule has 3 rings (SSSR count). The van der Waals surface area contributed by atoms with E-state index in [-0.39, 0.29) is 5.91 Å². The van der Waals surface area contributed by atoms with Gasteiger partial charge in [0.05, 0.1) is 5.69 Å². The first-order valence-electron chi connectivity index (χ1n) is 6.16. The Morgan fingerprint density at radius 2 is 2.21 bits per heavy atom. The number of hydrogen-bond acceptors (Lipinski definition) is 5. The smallest absolute Gasteiger partial charge is 0.257 e. The van der Waals surface area contributed by atoms with Crippen LogP contribution in [0.4, 0.5) is 10.9 Å². The van der Waals surface area contributed by atoms with Crippen LogP contribution in [0.3, 0.4) is 0 Å². The van der Waals surface area contributed by atoms with Crippen molar-refractivity contribution in [2.24, 2.45) is 0 Å². The minimum atomic E-state index is -0.190. The average Bonchev–Trinajstić information content (AvgIpc) is 2.88. The van der Waals surface area contributed by atoms with Crippen molar-refractivity contribution in [2.45, 2.75) is 26.2 Å². The van der Waals surface area contributed by atoms with Crippen molar-refractivity contribution in [1.29, 1.82) is 0 Å². The van der Waals surface area contributed by atoms with Crippen LogP contribution in [0.5, 0.6) is 0 Å². The zero-order valence-corrected chi connectivity index (χ0v) is 11.4. The fraction of sp³-hybridized carbons (Fsp3) is 0.308. The summed E-state index contributed by atoms with van der Waals surface area (Å²) in [5.41, 5.74) is 8.02. The molecule has 19 heavy (non-hydrogen) atoms. The van der Waals surface area contributed by atoms with Gasteiger partial charge in [-0.1, -0.05) is 0 Å². The van der Waals surface area contributed by atoms with Gasteiger partial charge in [-0.15, -0.1) is 11.3 Å². The molecule has 0 fully saturated rings. The second kappa shape index (κ2) is 4.62. The zero-order chi connectivity index (χ0) is 13.4. The standard InChI is InChI=1S/C13H14N4OS/c1-7-5-8(6-11(14)15-7)12(18)17-13-16-9-3-2-4-10(9)19-13/h5-6H,2-4H2,1H3,(H2,14,15)(H,16,17,18). The lowest BCUT2D eigenvalue weighted by molar-refractivity contribution is 0.102. The highest BCUT2D eigenvalue weighted by molar-refractivity contribution is 7.15. The third-order valence-electron chi connectivity index (χ3n) is 3.05. The predicted molar refractivity (Wildman–Crippen MR) is 75.5 cm³/mol. The number of aromatic nitrogens is 2. The molecule has 0 atom stereocenters. The summed E-state index contributed by atoms with van der Waals surface area (Å²) >= 11 is 1.56. The number of thiazole rings is 1. The van der Waals surface area contributed by atoms with Gasteiger partial charge in [0.15, 0.2) is 5.13 Å². The molecule has 2 heterocycles. The maximum absolute atomic E-state index is 12.1. The Hall–Kier alpha value is -1.95. The summed E-state index contributed by atoms with van der Waals surface area (Å²) in [6.07, 6.45) is 3.26. The summed E-state index contributed by atoms with van der Waals surface area (Å²) in [5, 5.41) is 3.50. The Labute approximate surface area is 114 Å². The summed E-state index contributed by atoms with van der Waals surface area (Å²) in [4.78, 5) is 21.9. The van der Waals surface area contributed by atoms with E-state index in [0.717, 1.165) is 24.2 Å². The van der Waals surface area contributed by atoms with Gasteiger partial charge in [0.1, 0.15) is 5.82 Å². The molecular formula is C13H14N4OS. The fourth-order valence-electron chi connectivity index (χ4n) is 2.24. The molecule has 0 radical (unpaired) electrons. The van der Waals surface area contributed by atoms with E-state index >= 15 is 0 Å². The van der Waals surface area contributed by atoms with Crippen LogP contribution in [0.1, 0.15) is 33.0 Å². The second-order valence-electron chi connectivity index (χ2n) is 4.62. The van der Waals surface area contributed by atoms with Crippen molar-refractivity contribution in [3.63, 3.8) is 0 Å². The van der Waals surface area contributed by atoms with Crippen LogP contribution in [-0.2, 0) is 12.8 Å². The number of aryl methyl sites for hydroxylation is 3. The van der Waals surface area contributed by atoms with Gasteiger partial charge in [-0.2, -0.15) is 0 Å². The van der Waals surface area contributed by atoms with Gasteiger partial charge in [0.2, 0.25) is 0 Å². The number of hydrogen-bond donors (Lipinski definition) is 2. The number of anilines is 2. The van der Waals surface area contributed by atoms with Crippen molar-refractivity contribution in [2.75, 3.05) is 11.1 Å².